The monoisotopic (exact) mass is 211 g/mol. The number of carbonyl (C=O) groups is 2. The van der Waals surface area contributed by atoms with Crippen molar-refractivity contribution in [2.45, 2.75) is 26.8 Å². The predicted molar refractivity (Wildman–Crippen MR) is 52.6 cm³/mol. The number of carboxylic acid groups (broad SMARTS) is 1. The van der Waals surface area contributed by atoms with Crippen LogP contribution in [0.15, 0.2) is 0 Å². The quantitative estimate of drug-likeness (QED) is 0.748. The van der Waals surface area contributed by atoms with E-state index in [4.69, 9.17) is 10.8 Å². The molecule has 0 aliphatic rings. The number of hydrogen-bond donors (Lipinski definition) is 2. The lowest BCUT2D eigenvalue weighted by atomic mass is 10.2. The molecular weight excluding hydrogens is 198 g/mol. The second-order valence-corrected chi connectivity index (χ2v) is 3.37. The molecule has 1 amide bonds. The van der Waals surface area contributed by atoms with Gasteiger partial charge < -0.3 is 10.8 Å². The van der Waals surface area contributed by atoms with E-state index >= 15 is 0 Å². The van der Waals surface area contributed by atoms with Gasteiger partial charge in [-0.25, -0.2) is 4.79 Å². The zero-order valence-electron chi connectivity index (χ0n) is 8.81. The number of amides is 1. The fourth-order valence-electron chi connectivity index (χ4n) is 1.47. The van der Waals surface area contributed by atoms with Crippen LogP contribution in [0.5, 0.6) is 0 Å². The zero-order valence-corrected chi connectivity index (χ0v) is 8.81. The third-order valence-electron chi connectivity index (χ3n) is 2.32. The van der Waals surface area contributed by atoms with Gasteiger partial charge >= 0.3 is 5.97 Å². The van der Waals surface area contributed by atoms with Gasteiger partial charge in [-0.15, -0.1) is 0 Å². The van der Waals surface area contributed by atoms with Gasteiger partial charge in [0.25, 0.3) is 0 Å². The highest BCUT2D eigenvalue weighted by atomic mass is 16.4. The Balaban J connectivity index is 3.29. The summed E-state index contributed by atoms with van der Waals surface area (Å²) in [5, 5.41) is 12.9. The van der Waals surface area contributed by atoms with Gasteiger partial charge in [0.2, 0.25) is 5.91 Å². The minimum Gasteiger partial charge on any atom is -0.478 e. The molecule has 82 valence electrons. The Labute approximate surface area is 86.7 Å². The topological polar surface area (TPSA) is 98.2 Å². The lowest BCUT2D eigenvalue weighted by Gasteiger charge is -2.09. The number of aromatic carboxylic acids is 1. The van der Waals surface area contributed by atoms with Crippen molar-refractivity contribution in [2.24, 2.45) is 5.73 Å². The summed E-state index contributed by atoms with van der Waals surface area (Å²) in [6.07, 6.45) is 0. The molecule has 0 aliphatic heterocycles. The van der Waals surface area contributed by atoms with E-state index in [9.17, 15) is 9.59 Å². The molecule has 1 heterocycles. The molecule has 1 unspecified atom stereocenters. The summed E-state index contributed by atoms with van der Waals surface area (Å²) in [5.41, 5.74) is 6.07. The van der Waals surface area contributed by atoms with Crippen molar-refractivity contribution in [3.05, 3.63) is 17.0 Å². The highest BCUT2D eigenvalue weighted by molar-refractivity contribution is 5.90. The molecule has 0 radical (unpaired) electrons. The van der Waals surface area contributed by atoms with Crippen LogP contribution >= 0.6 is 0 Å². The number of carbonyl (C=O) groups excluding carboxylic acids is 1. The summed E-state index contributed by atoms with van der Waals surface area (Å²) in [6.45, 7) is 4.76. The van der Waals surface area contributed by atoms with Crippen LogP contribution in [0.3, 0.4) is 0 Å². The smallest absolute Gasteiger partial charge is 0.339 e. The lowest BCUT2D eigenvalue weighted by Crippen LogP contribution is -2.25. The highest BCUT2D eigenvalue weighted by Gasteiger charge is 2.22. The molecule has 3 N–H and O–H groups in total. The number of nitrogens with two attached hydrogens (primary N) is 1. The van der Waals surface area contributed by atoms with Crippen molar-refractivity contribution in [3.63, 3.8) is 0 Å². The maximum atomic E-state index is 11.0. The maximum absolute atomic E-state index is 11.0. The predicted octanol–water partition coefficient (Wildman–Crippen LogP) is 0.244. The van der Waals surface area contributed by atoms with Crippen molar-refractivity contribution in [2.75, 3.05) is 0 Å². The molecule has 1 atom stereocenters. The molecule has 0 bridgehead atoms. The largest absolute Gasteiger partial charge is 0.478 e. The molecule has 0 saturated heterocycles. The summed E-state index contributed by atoms with van der Waals surface area (Å²) < 4.78 is 1.33. The van der Waals surface area contributed by atoms with Crippen molar-refractivity contribution >= 4 is 11.9 Å². The Bertz CT molecular complexity index is 422. The summed E-state index contributed by atoms with van der Waals surface area (Å²) >= 11 is 0. The van der Waals surface area contributed by atoms with Crippen LogP contribution in [0.1, 0.15) is 34.7 Å². The van der Waals surface area contributed by atoms with Gasteiger partial charge in [-0.3, -0.25) is 9.48 Å². The van der Waals surface area contributed by atoms with Gasteiger partial charge in [-0.05, 0) is 20.8 Å². The Morgan fingerprint density at radius 3 is 2.33 bits per heavy atom. The third-order valence-corrected chi connectivity index (χ3v) is 2.32. The van der Waals surface area contributed by atoms with Crippen molar-refractivity contribution < 1.29 is 14.7 Å². The molecule has 15 heavy (non-hydrogen) atoms. The van der Waals surface area contributed by atoms with Gasteiger partial charge in [0.1, 0.15) is 11.6 Å². The summed E-state index contributed by atoms with van der Waals surface area (Å²) in [7, 11) is 0. The first-order chi connectivity index (χ1) is 6.86. The average Bonchev–Trinajstić information content (AvgIpc) is 2.40. The van der Waals surface area contributed by atoms with Crippen LogP contribution < -0.4 is 5.73 Å². The van der Waals surface area contributed by atoms with Crippen LogP contribution in [-0.2, 0) is 4.79 Å². The molecule has 0 aromatic carbocycles. The van der Waals surface area contributed by atoms with E-state index in [2.05, 4.69) is 5.10 Å². The molecule has 0 saturated carbocycles. The third kappa shape index (κ3) is 1.83. The Morgan fingerprint density at radius 2 is 2.00 bits per heavy atom. The van der Waals surface area contributed by atoms with Crippen molar-refractivity contribution in [1.29, 1.82) is 0 Å². The first-order valence-electron chi connectivity index (χ1n) is 4.44. The number of primary amides is 1. The lowest BCUT2D eigenvalue weighted by molar-refractivity contribution is -0.121. The fourth-order valence-corrected chi connectivity index (χ4v) is 1.47. The van der Waals surface area contributed by atoms with E-state index in [-0.39, 0.29) is 5.56 Å². The van der Waals surface area contributed by atoms with E-state index in [1.807, 2.05) is 0 Å². The molecule has 6 heteroatoms. The SMILES string of the molecule is Cc1nn(C(C)C(N)=O)c(C)c1C(=O)O. The van der Waals surface area contributed by atoms with Crippen LogP contribution in [0.2, 0.25) is 0 Å². The second kappa shape index (κ2) is 3.72. The molecule has 1 rings (SSSR count). The van der Waals surface area contributed by atoms with Gasteiger partial charge in [-0.1, -0.05) is 0 Å². The van der Waals surface area contributed by atoms with E-state index in [0.29, 0.717) is 11.4 Å². The van der Waals surface area contributed by atoms with Crippen LogP contribution in [0.4, 0.5) is 0 Å². The molecule has 0 fully saturated rings. The van der Waals surface area contributed by atoms with Crippen molar-refractivity contribution in [1.82, 2.24) is 9.78 Å². The number of hydrogen-bond acceptors (Lipinski definition) is 3. The van der Waals surface area contributed by atoms with Crippen LogP contribution in [0, 0.1) is 13.8 Å². The standard InChI is InChI=1S/C9H13N3O3/c1-4-7(9(14)15)5(2)12(11-4)6(3)8(10)13/h6H,1-3H3,(H2,10,13)(H,14,15). The summed E-state index contributed by atoms with van der Waals surface area (Å²) in [5.74, 6) is -1.59. The Morgan fingerprint density at radius 1 is 1.47 bits per heavy atom. The molecule has 1 aromatic rings. The second-order valence-electron chi connectivity index (χ2n) is 3.37. The highest BCUT2D eigenvalue weighted by Crippen LogP contribution is 2.16. The number of rotatable bonds is 3. The van der Waals surface area contributed by atoms with Crippen molar-refractivity contribution in [3.8, 4) is 0 Å². The normalized spacial score (nSPS) is 12.5. The fraction of sp³-hybridized carbons (Fsp3) is 0.444. The van der Waals surface area contributed by atoms with Gasteiger partial charge in [0.05, 0.1) is 11.4 Å². The Hall–Kier alpha value is -1.85. The number of carboxylic acids is 1. The molecule has 0 aliphatic carbocycles. The molecule has 0 spiro atoms. The van der Waals surface area contributed by atoms with Crippen LogP contribution in [0.25, 0.3) is 0 Å². The molecular formula is C9H13N3O3. The van der Waals surface area contributed by atoms with E-state index in [1.165, 1.54) is 4.68 Å². The van der Waals surface area contributed by atoms with E-state index < -0.39 is 17.9 Å². The minimum atomic E-state index is -1.05. The summed E-state index contributed by atoms with van der Waals surface area (Å²) in [6, 6.07) is -0.642. The minimum absolute atomic E-state index is 0.128. The first-order valence-corrected chi connectivity index (χ1v) is 4.44. The molecule has 6 nitrogen and oxygen atoms in total. The van der Waals surface area contributed by atoms with Crippen LogP contribution in [-0.4, -0.2) is 26.8 Å². The Kier molecular flexibility index (Phi) is 2.78. The number of nitrogens with zero attached hydrogens (tertiary/aromatic N) is 2. The number of aryl methyl sites for hydroxylation is 1. The maximum Gasteiger partial charge on any atom is 0.339 e. The van der Waals surface area contributed by atoms with E-state index in [1.54, 1.807) is 20.8 Å². The van der Waals surface area contributed by atoms with Gasteiger partial charge in [0.15, 0.2) is 0 Å². The van der Waals surface area contributed by atoms with Gasteiger partial charge in [-0.2, -0.15) is 5.10 Å². The van der Waals surface area contributed by atoms with E-state index in [0.717, 1.165) is 0 Å². The molecule has 1 aromatic heterocycles. The summed E-state index contributed by atoms with van der Waals surface area (Å²) in [4.78, 5) is 21.8. The average molecular weight is 211 g/mol. The zero-order chi connectivity index (χ0) is 11.7. The number of aromatic nitrogens is 2. The first kappa shape index (κ1) is 11.2. The van der Waals surface area contributed by atoms with Gasteiger partial charge in [0, 0.05) is 0 Å².